The van der Waals surface area contributed by atoms with E-state index in [1.54, 1.807) is 35.4 Å². The van der Waals surface area contributed by atoms with Crippen molar-refractivity contribution < 1.29 is 9.15 Å². The number of halogens is 1. The first-order chi connectivity index (χ1) is 17.2. The molecule has 2 aromatic carbocycles. The minimum atomic E-state index is -0.558. The maximum Gasteiger partial charge on any atom is 0.344 e. The van der Waals surface area contributed by atoms with E-state index in [-0.39, 0.29) is 0 Å². The molecule has 0 N–H and O–H groups in total. The number of ether oxygens (including phenoxy) is 1. The first kappa shape index (κ1) is 19.9. The van der Waals surface area contributed by atoms with Crippen LogP contribution < -0.4 is 10.4 Å². The third-order valence-corrected chi connectivity index (χ3v) is 6.45. The molecule has 1 atom stereocenters. The van der Waals surface area contributed by atoms with Crippen LogP contribution in [-0.4, -0.2) is 24.6 Å². The van der Waals surface area contributed by atoms with Crippen LogP contribution in [0, 0.1) is 0 Å². The normalized spacial score (nSPS) is 14.5. The molecule has 1 aliphatic heterocycles. The van der Waals surface area contributed by atoms with Gasteiger partial charge in [-0.15, -0.1) is 5.10 Å². The highest BCUT2D eigenvalue weighted by molar-refractivity contribution is 6.33. The molecule has 0 aliphatic carbocycles. The van der Waals surface area contributed by atoms with E-state index in [0.29, 0.717) is 55.8 Å². The van der Waals surface area contributed by atoms with Gasteiger partial charge in [0.05, 0.1) is 27.5 Å². The lowest BCUT2D eigenvalue weighted by Gasteiger charge is -2.27. The Morgan fingerprint density at radius 2 is 1.74 bits per heavy atom. The molecule has 0 spiro atoms. The molecule has 9 heteroatoms. The number of pyridine rings is 1. The Kier molecular flexibility index (Phi) is 4.24. The fourth-order valence-corrected chi connectivity index (χ4v) is 4.80. The lowest BCUT2D eigenvalue weighted by atomic mass is 9.84. The van der Waals surface area contributed by atoms with Crippen LogP contribution in [0.25, 0.3) is 28.0 Å². The van der Waals surface area contributed by atoms with Crippen LogP contribution in [0.1, 0.15) is 22.6 Å². The Labute approximate surface area is 202 Å². The Balaban J connectivity index is 1.56. The van der Waals surface area contributed by atoms with Crippen molar-refractivity contribution in [3.05, 3.63) is 112 Å². The van der Waals surface area contributed by atoms with Crippen LogP contribution in [0.3, 0.4) is 0 Å². The Hall–Kier alpha value is -4.56. The van der Waals surface area contributed by atoms with Crippen LogP contribution in [0.15, 0.2) is 88.6 Å². The zero-order valence-corrected chi connectivity index (χ0v) is 18.7. The molecule has 0 amide bonds. The molecule has 0 fully saturated rings. The van der Waals surface area contributed by atoms with Gasteiger partial charge in [0.25, 0.3) is 0 Å². The van der Waals surface area contributed by atoms with Crippen LogP contribution in [-0.2, 0) is 0 Å². The highest BCUT2D eigenvalue weighted by Crippen LogP contribution is 2.48. The summed E-state index contributed by atoms with van der Waals surface area (Å²) in [6.45, 7) is 0. The van der Waals surface area contributed by atoms with Crippen molar-refractivity contribution in [2.75, 3.05) is 0 Å². The average molecular weight is 480 g/mol. The number of nitrogens with zero attached hydrogens (tertiary/aromatic N) is 5. The molecular formula is C26H14ClN5O3. The van der Waals surface area contributed by atoms with Gasteiger partial charge >= 0.3 is 5.63 Å². The standard InChI is InChI=1S/C26H14ClN5O3/c27-17-7-3-1-5-15(17)23-30-24-21-19(14-9-11-28-12-10-14)20-22(35-25(21)29-13-32(24)31-23)16-6-2-4-8-18(16)34-26(20)33/h1-13,19H. The second-order valence-electron chi connectivity index (χ2n) is 8.09. The third kappa shape index (κ3) is 2.97. The molecule has 1 unspecified atom stereocenters. The van der Waals surface area contributed by atoms with Gasteiger partial charge < -0.3 is 9.15 Å². The smallest absolute Gasteiger partial charge is 0.344 e. The number of benzene rings is 2. The SMILES string of the molecule is O=c1oc2ccccc2c2c1C(c1ccncc1)c1c(ncn3nc(-c4ccccc4Cl)nc13)O2. The molecule has 0 radical (unpaired) electrons. The lowest BCUT2D eigenvalue weighted by molar-refractivity contribution is 0.422. The van der Waals surface area contributed by atoms with Crippen molar-refractivity contribution in [2.45, 2.75) is 5.92 Å². The van der Waals surface area contributed by atoms with Crippen molar-refractivity contribution in [1.29, 1.82) is 0 Å². The minimum Gasteiger partial charge on any atom is -0.437 e. The predicted octanol–water partition coefficient (Wildman–Crippen LogP) is 5.23. The lowest BCUT2D eigenvalue weighted by Crippen LogP contribution is -2.22. The van der Waals surface area contributed by atoms with E-state index >= 15 is 0 Å². The summed E-state index contributed by atoms with van der Waals surface area (Å²) >= 11 is 6.41. The summed E-state index contributed by atoms with van der Waals surface area (Å²) in [7, 11) is 0. The monoisotopic (exact) mass is 479 g/mol. The van der Waals surface area contributed by atoms with E-state index in [2.05, 4.69) is 15.1 Å². The van der Waals surface area contributed by atoms with Gasteiger partial charge in [0.1, 0.15) is 11.9 Å². The second-order valence-corrected chi connectivity index (χ2v) is 8.50. The van der Waals surface area contributed by atoms with Crippen molar-refractivity contribution in [3.8, 4) is 23.0 Å². The summed E-state index contributed by atoms with van der Waals surface area (Å²) in [6.07, 6.45) is 4.91. The van der Waals surface area contributed by atoms with Gasteiger partial charge in [0, 0.05) is 18.0 Å². The Morgan fingerprint density at radius 3 is 2.60 bits per heavy atom. The Bertz CT molecular complexity index is 1830. The molecule has 5 heterocycles. The molecular weight excluding hydrogens is 466 g/mol. The van der Waals surface area contributed by atoms with Gasteiger partial charge in [-0.05, 0) is 42.0 Å². The molecule has 1 aliphatic rings. The van der Waals surface area contributed by atoms with E-state index in [4.69, 9.17) is 25.7 Å². The highest BCUT2D eigenvalue weighted by Gasteiger charge is 2.37. The molecule has 0 saturated carbocycles. The molecule has 168 valence electrons. The van der Waals surface area contributed by atoms with Crippen molar-refractivity contribution in [1.82, 2.24) is 24.6 Å². The average Bonchev–Trinajstić information content (AvgIpc) is 3.33. The van der Waals surface area contributed by atoms with Crippen LogP contribution in [0.4, 0.5) is 0 Å². The van der Waals surface area contributed by atoms with E-state index in [1.807, 2.05) is 48.5 Å². The Morgan fingerprint density at radius 1 is 0.943 bits per heavy atom. The van der Waals surface area contributed by atoms with Gasteiger partial charge in [-0.3, -0.25) is 4.98 Å². The summed E-state index contributed by atoms with van der Waals surface area (Å²) in [5.41, 5.74) is 2.96. The summed E-state index contributed by atoms with van der Waals surface area (Å²) in [5.74, 6) is 0.655. The molecule has 4 aromatic heterocycles. The topological polar surface area (TPSA) is 95.4 Å². The number of para-hydroxylation sites is 1. The summed E-state index contributed by atoms with van der Waals surface area (Å²) in [4.78, 5) is 26.8. The number of fused-ring (bicyclic) bond motifs is 6. The second kappa shape index (κ2) is 7.48. The quantitative estimate of drug-likeness (QED) is 0.313. The first-order valence-corrected chi connectivity index (χ1v) is 11.2. The largest absolute Gasteiger partial charge is 0.437 e. The van der Waals surface area contributed by atoms with Crippen LogP contribution in [0.5, 0.6) is 11.6 Å². The van der Waals surface area contributed by atoms with E-state index in [0.717, 1.165) is 5.56 Å². The van der Waals surface area contributed by atoms with E-state index in [9.17, 15) is 4.79 Å². The number of aromatic nitrogens is 5. The highest BCUT2D eigenvalue weighted by atomic mass is 35.5. The zero-order valence-electron chi connectivity index (χ0n) is 17.9. The van der Waals surface area contributed by atoms with Crippen molar-refractivity contribution >= 4 is 28.2 Å². The van der Waals surface area contributed by atoms with Gasteiger partial charge in [0.2, 0.25) is 5.88 Å². The maximum absolute atomic E-state index is 13.3. The summed E-state index contributed by atoms with van der Waals surface area (Å²) < 4.78 is 13.5. The third-order valence-electron chi connectivity index (χ3n) is 6.12. The van der Waals surface area contributed by atoms with Gasteiger partial charge in [0.15, 0.2) is 17.2 Å². The first-order valence-electron chi connectivity index (χ1n) is 10.8. The fraction of sp³-hybridized carbons (Fsp3) is 0.0385. The molecule has 0 saturated heterocycles. The number of hydrogen-bond donors (Lipinski definition) is 0. The molecule has 6 aromatic rings. The molecule has 8 nitrogen and oxygen atoms in total. The van der Waals surface area contributed by atoms with Crippen molar-refractivity contribution in [2.24, 2.45) is 0 Å². The van der Waals surface area contributed by atoms with E-state index < -0.39 is 11.5 Å². The molecule has 7 rings (SSSR count). The molecule has 35 heavy (non-hydrogen) atoms. The van der Waals surface area contributed by atoms with Gasteiger partial charge in [-0.25, -0.2) is 19.3 Å². The van der Waals surface area contributed by atoms with Crippen LogP contribution >= 0.6 is 11.6 Å². The van der Waals surface area contributed by atoms with Gasteiger partial charge in [-0.2, -0.15) is 0 Å². The number of rotatable bonds is 2. The summed E-state index contributed by atoms with van der Waals surface area (Å²) in [5, 5.41) is 5.82. The van der Waals surface area contributed by atoms with Crippen LogP contribution in [0.2, 0.25) is 5.02 Å². The number of hydrogen-bond acceptors (Lipinski definition) is 7. The maximum atomic E-state index is 13.3. The summed E-state index contributed by atoms with van der Waals surface area (Å²) in [6, 6.07) is 18.3. The van der Waals surface area contributed by atoms with Gasteiger partial charge in [-0.1, -0.05) is 35.9 Å². The minimum absolute atomic E-state index is 0.348. The predicted molar refractivity (Wildman–Crippen MR) is 129 cm³/mol. The zero-order chi connectivity index (χ0) is 23.5. The van der Waals surface area contributed by atoms with Crippen molar-refractivity contribution in [3.63, 3.8) is 0 Å². The molecule has 0 bridgehead atoms. The fourth-order valence-electron chi connectivity index (χ4n) is 4.58. The van der Waals surface area contributed by atoms with E-state index in [1.165, 1.54) is 0 Å².